The summed E-state index contributed by atoms with van der Waals surface area (Å²) < 4.78 is 15.1. The van der Waals surface area contributed by atoms with Gasteiger partial charge in [0.1, 0.15) is 5.82 Å². The van der Waals surface area contributed by atoms with Gasteiger partial charge in [-0.25, -0.2) is 4.39 Å². The van der Waals surface area contributed by atoms with Crippen molar-refractivity contribution < 1.29 is 9.18 Å². The molecule has 0 fully saturated rings. The van der Waals surface area contributed by atoms with Crippen LogP contribution in [0.3, 0.4) is 0 Å². The fraction of sp³-hybridized carbons (Fsp3) is 0.0556. The molecule has 0 atom stereocenters. The molecule has 2 aromatic carbocycles. The van der Waals surface area contributed by atoms with E-state index in [-0.39, 0.29) is 11.7 Å². The van der Waals surface area contributed by atoms with Crippen LogP contribution in [0.25, 0.3) is 11.3 Å². The molecule has 1 heterocycles. The van der Waals surface area contributed by atoms with Crippen molar-refractivity contribution in [3.05, 3.63) is 83.8 Å². The summed E-state index contributed by atoms with van der Waals surface area (Å²) in [5, 5.41) is 0. The Hall–Kier alpha value is -2.88. The molecule has 0 saturated carbocycles. The normalized spacial score (nSPS) is 10.5. The molecule has 0 aliphatic heterocycles. The molecule has 1 aromatic heterocycles. The van der Waals surface area contributed by atoms with Gasteiger partial charge in [-0.1, -0.05) is 30.3 Å². The van der Waals surface area contributed by atoms with Gasteiger partial charge >= 0.3 is 0 Å². The first kappa shape index (κ1) is 14.1. The minimum atomic E-state index is -0.306. The summed E-state index contributed by atoms with van der Waals surface area (Å²) in [6.45, 7) is 1.92. The molecular weight excluding hydrogens is 279 g/mol. The Balaban J connectivity index is 1.95. The molecule has 0 bridgehead atoms. The van der Waals surface area contributed by atoms with Crippen molar-refractivity contribution in [3.63, 3.8) is 0 Å². The van der Waals surface area contributed by atoms with E-state index in [9.17, 15) is 9.18 Å². The van der Waals surface area contributed by atoms with Gasteiger partial charge in [-0.05, 0) is 42.8 Å². The van der Waals surface area contributed by atoms with Crippen molar-refractivity contribution in [2.24, 2.45) is 0 Å². The summed E-state index contributed by atoms with van der Waals surface area (Å²) in [5.74, 6) is -0.520. The maximum absolute atomic E-state index is 13.5. The van der Waals surface area contributed by atoms with Gasteiger partial charge in [0.15, 0.2) is 0 Å². The molecule has 3 aromatic rings. The molecule has 0 unspecified atom stereocenters. The van der Waals surface area contributed by atoms with Crippen molar-refractivity contribution in [1.29, 1.82) is 0 Å². The van der Waals surface area contributed by atoms with E-state index in [0.29, 0.717) is 5.56 Å². The lowest BCUT2D eigenvalue weighted by Gasteiger charge is -2.12. The number of halogens is 1. The average Bonchev–Trinajstić information content (AvgIpc) is 2.89. The first-order valence-electron chi connectivity index (χ1n) is 6.95. The van der Waals surface area contributed by atoms with Crippen molar-refractivity contribution in [3.8, 4) is 11.3 Å². The molecular formula is C18H15FN2O. The number of nitrogens with one attached hydrogen (secondary N) is 1. The van der Waals surface area contributed by atoms with E-state index < -0.39 is 0 Å². The molecule has 3 rings (SSSR count). The second-order valence-electron chi connectivity index (χ2n) is 5.03. The number of carbonyl (C=O) groups is 1. The van der Waals surface area contributed by atoms with E-state index in [4.69, 9.17) is 0 Å². The van der Waals surface area contributed by atoms with E-state index in [0.717, 1.165) is 16.8 Å². The van der Waals surface area contributed by atoms with Crippen LogP contribution in [0.1, 0.15) is 15.9 Å². The number of aromatic nitrogens is 1. The topological polar surface area (TPSA) is 34.0 Å². The molecule has 110 valence electrons. The summed E-state index contributed by atoms with van der Waals surface area (Å²) in [7, 11) is 0. The molecule has 22 heavy (non-hydrogen) atoms. The highest BCUT2D eigenvalue weighted by Gasteiger charge is 2.12. The maximum Gasteiger partial charge on any atom is 0.270 e. The summed E-state index contributed by atoms with van der Waals surface area (Å²) in [6, 6.07) is 17.2. The molecule has 3 nitrogen and oxygen atoms in total. The largest absolute Gasteiger partial charge is 0.270 e. The zero-order valence-electron chi connectivity index (χ0n) is 12.1. The van der Waals surface area contributed by atoms with Crippen molar-refractivity contribution in [2.75, 3.05) is 5.43 Å². The highest BCUT2D eigenvalue weighted by atomic mass is 19.1. The van der Waals surface area contributed by atoms with E-state index >= 15 is 0 Å². The van der Waals surface area contributed by atoms with Crippen LogP contribution in [-0.4, -0.2) is 10.6 Å². The number of hydrogen-bond acceptors (Lipinski definition) is 1. The number of benzene rings is 2. The quantitative estimate of drug-likeness (QED) is 0.778. The SMILES string of the molecule is Cc1ccn(NC(=O)c2ccccc2)c1-c1cccc(F)c1. The number of carbonyl (C=O) groups excluding carboxylic acids is 1. The van der Waals surface area contributed by atoms with Crippen LogP contribution < -0.4 is 5.43 Å². The van der Waals surface area contributed by atoms with Crippen LogP contribution in [0.15, 0.2) is 66.9 Å². The fourth-order valence-corrected chi connectivity index (χ4v) is 2.39. The molecule has 1 amide bonds. The van der Waals surface area contributed by atoms with Gasteiger partial charge in [-0.15, -0.1) is 0 Å². The Morgan fingerprint density at radius 2 is 1.82 bits per heavy atom. The second-order valence-corrected chi connectivity index (χ2v) is 5.03. The van der Waals surface area contributed by atoms with E-state index in [1.165, 1.54) is 12.1 Å². The van der Waals surface area contributed by atoms with Crippen LogP contribution >= 0.6 is 0 Å². The Bertz CT molecular complexity index is 809. The predicted molar refractivity (Wildman–Crippen MR) is 84.7 cm³/mol. The van der Waals surface area contributed by atoms with Crippen LogP contribution in [0.5, 0.6) is 0 Å². The van der Waals surface area contributed by atoms with Crippen LogP contribution in [0, 0.1) is 12.7 Å². The third-order valence-electron chi connectivity index (χ3n) is 3.44. The molecule has 0 aliphatic carbocycles. The molecule has 0 aliphatic rings. The lowest BCUT2D eigenvalue weighted by Crippen LogP contribution is -2.22. The zero-order valence-corrected chi connectivity index (χ0v) is 12.1. The summed E-state index contributed by atoms with van der Waals surface area (Å²) in [6.07, 6.45) is 1.76. The Labute approximate surface area is 128 Å². The number of amides is 1. The van der Waals surface area contributed by atoms with Crippen molar-refractivity contribution in [2.45, 2.75) is 6.92 Å². The van der Waals surface area contributed by atoms with Crippen LogP contribution in [-0.2, 0) is 0 Å². The zero-order chi connectivity index (χ0) is 15.5. The van der Waals surface area contributed by atoms with E-state index in [1.807, 2.05) is 37.3 Å². The Morgan fingerprint density at radius 3 is 2.55 bits per heavy atom. The van der Waals surface area contributed by atoms with E-state index in [2.05, 4.69) is 5.43 Å². The number of nitrogens with zero attached hydrogens (tertiary/aromatic N) is 1. The first-order chi connectivity index (χ1) is 10.6. The van der Waals surface area contributed by atoms with Gasteiger partial charge in [0.2, 0.25) is 0 Å². The Morgan fingerprint density at radius 1 is 1.05 bits per heavy atom. The number of aryl methyl sites for hydroxylation is 1. The smallest absolute Gasteiger partial charge is 0.267 e. The van der Waals surface area contributed by atoms with E-state index in [1.54, 1.807) is 29.1 Å². The predicted octanol–water partition coefficient (Wildman–Crippen LogP) is 3.99. The molecule has 0 saturated heterocycles. The molecule has 0 radical (unpaired) electrons. The molecule has 4 heteroatoms. The van der Waals surface area contributed by atoms with Gasteiger partial charge < -0.3 is 0 Å². The minimum absolute atomic E-state index is 0.214. The van der Waals surface area contributed by atoms with Gasteiger partial charge in [0, 0.05) is 17.3 Å². The van der Waals surface area contributed by atoms with Crippen LogP contribution in [0.4, 0.5) is 4.39 Å². The van der Waals surface area contributed by atoms with Crippen LogP contribution in [0.2, 0.25) is 0 Å². The van der Waals surface area contributed by atoms with Gasteiger partial charge in [0.25, 0.3) is 5.91 Å². The number of hydrogen-bond donors (Lipinski definition) is 1. The number of rotatable bonds is 3. The van der Waals surface area contributed by atoms with Gasteiger partial charge in [-0.3, -0.25) is 14.9 Å². The summed E-state index contributed by atoms with van der Waals surface area (Å²) >= 11 is 0. The lowest BCUT2D eigenvalue weighted by molar-refractivity contribution is 0.101. The monoisotopic (exact) mass is 294 g/mol. The van der Waals surface area contributed by atoms with Crippen molar-refractivity contribution in [1.82, 2.24) is 4.68 Å². The first-order valence-corrected chi connectivity index (χ1v) is 6.95. The third-order valence-corrected chi connectivity index (χ3v) is 3.44. The minimum Gasteiger partial charge on any atom is -0.267 e. The van der Waals surface area contributed by atoms with Crippen molar-refractivity contribution >= 4 is 5.91 Å². The van der Waals surface area contributed by atoms with Gasteiger partial charge in [0.05, 0.1) is 5.69 Å². The molecule has 0 spiro atoms. The highest BCUT2D eigenvalue weighted by Crippen LogP contribution is 2.24. The standard InChI is InChI=1S/C18H15FN2O/c1-13-10-11-21(17(13)15-8-5-9-16(19)12-15)20-18(22)14-6-3-2-4-7-14/h2-12H,1H3,(H,20,22). The third kappa shape index (κ3) is 2.76. The molecule has 1 N–H and O–H groups in total. The lowest BCUT2D eigenvalue weighted by atomic mass is 10.1. The van der Waals surface area contributed by atoms with Gasteiger partial charge in [-0.2, -0.15) is 0 Å². The summed E-state index contributed by atoms with van der Waals surface area (Å²) in [4.78, 5) is 12.3. The summed E-state index contributed by atoms with van der Waals surface area (Å²) in [5.41, 5.74) is 5.83. The highest BCUT2D eigenvalue weighted by molar-refractivity contribution is 6.00. The maximum atomic E-state index is 13.5. The Kier molecular flexibility index (Phi) is 3.74. The fourth-order valence-electron chi connectivity index (χ4n) is 2.39. The second kappa shape index (κ2) is 5.85. The average molecular weight is 294 g/mol.